The van der Waals surface area contributed by atoms with Gasteiger partial charge in [-0.25, -0.2) is 14.6 Å². The normalized spacial score (nSPS) is 21.3. The fourth-order valence-electron chi connectivity index (χ4n) is 3.02. The maximum absolute atomic E-state index is 12.0. The second-order valence-corrected chi connectivity index (χ2v) is 8.26. The van der Waals surface area contributed by atoms with Gasteiger partial charge in [-0.05, 0) is 5.57 Å². The molecule has 0 bridgehead atoms. The predicted molar refractivity (Wildman–Crippen MR) is 100 cm³/mol. The number of aliphatic carboxylic acids is 1. The van der Waals surface area contributed by atoms with Gasteiger partial charge in [0.25, 0.3) is 5.78 Å². The third-order valence-electron chi connectivity index (χ3n) is 4.37. The Balaban J connectivity index is 1.68. The number of hydrogen-bond donors (Lipinski definition) is 4. The van der Waals surface area contributed by atoms with Crippen molar-refractivity contribution in [1.82, 2.24) is 24.5 Å². The number of carboxylic acids is 2. The average Bonchev–Trinajstić information content (AvgIpc) is 3.13. The fourth-order valence-corrected chi connectivity index (χ4v) is 5.44. The molecule has 4 heterocycles. The lowest BCUT2D eigenvalue weighted by atomic mass is 10.0. The molecular weight excluding hydrogens is 424 g/mol. The van der Waals surface area contributed by atoms with E-state index in [1.807, 2.05) is 0 Å². The Morgan fingerprint density at radius 2 is 2.07 bits per heavy atom. The molecular formula is C15H14N6O6S2. The minimum absolute atomic E-state index is 0.00543. The lowest BCUT2D eigenvalue weighted by molar-refractivity contribution is -0.147. The first kappa shape index (κ1) is 19.6. The van der Waals surface area contributed by atoms with E-state index in [0.29, 0.717) is 16.4 Å². The molecule has 14 heteroatoms. The standard InChI is InChI=1S/C15H14N6O6S2/c16-9-11(23)20-10(14(26)27)5(4-29-12(9)20)3-28-8-1-6(13(24)25)17-15-18-7(2-22)19-21(8)15/h1,9,12,22H,2-4,16H2,(H,24,25)(H,26,27)/t9?,12-/m0/s1. The van der Waals surface area contributed by atoms with Crippen molar-refractivity contribution in [2.24, 2.45) is 5.73 Å². The Bertz CT molecular complexity index is 1080. The summed E-state index contributed by atoms with van der Waals surface area (Å²) in [6.45, 7) is -0.445. The Hall–Kier alpha value is -2.68. The van der Waals surface area contributed by atoms with Gasteiger partial charge in [-0.1, -0.05) is 0 Å². The number of hydrogen-bond acceptors (Lipinski definition) is 10. The molecule has 2 aliphatic heterocycles. The van der Waals surface area contributed by atoms with Crippen molar-refractivity contribution in [3.8, 4) is 0 Å². The summed E-state index contributed by atoms with van der Waals surface area (Å²) in [4.78, 5) is 44.2. The van der Waals surface area contributed by atoms with Gasteiger partial charge in [0.1, 0.15) is 28.7 Å². The van der Waals surface area contributed by atoms with E-state index in [2.05, 4.69) is 15.1 Å². The first-order valence-electron chi connectivity index (χ1n) is 8.21. The Labute approximate surface area is 170 Å². The number of nitrogens with zero attached hydrogens (tertiary/aromatic N) is 5. The molecule has 0 aliphatic carbocycles. The maximum Gasteiger partial charge on any atom is 0.354 e. The number of aliphatic hydroxyl groups excluding tert-OH is 1. The summed E-state index contributed by atoms with van der Waals surface area (Å²) < 4.78 is 1.28. The van der Waals surface area contributed by atoms with Gasteiger partial charge in [0, 0.05) is 17.6 Å². The van der Waals surface area contributed by atoms with Crippen molar-refractivity contribution in [2.75, 3.05) is 11.5 Å². The van der Waals surface area contributed by atoms with E-state index in [4.69, 9.17) is 5.73 Å². The summed E-state index contributed by atoms with van der Waals surface area (Å²) in [7, 11) is 0. The number of carbonyl (C=O) groups excluding carboxylic acids is 1. The summed E-state index contributed by atoms with van der Waals surface area (Å²) in [5, 5.41) is 32.1. The third-order valence-corrected chi connectivity index (χ3v) is 6.81. The zero-order chi connectivity index (χ0) is 20.9. The predicted octanol–water partition coefficient (Wildman–Crippen LogP) is -1.01. The van der Waals surface area contributed by atoms with E-state index < -0.39 is 35.9 Å². The number of carboxylic acid groups (broad SMARTS) is 2. The Kier molecular flexibility index (Phi) is 4.94. The van der Waals surface area contributed by atoms with Gasteiger partial charge >= 0.3 is 11.9 Å². The Morgan fingerprint density at radius 1 is 1.31 bits per heavy atom. The van der Waals surface area contributed by atoms with Crippen molar-refractivity contribution >= 4 is 47.1 Å². The van der Waals surface area contributed by atoms with Crippen molar-refractivity contribution in [3.63, 3.8) is 0 Å². The molecule has 0 saturated carbocycles. The minimum Gasteiger partial charge on any atom is -0.477 e. The van der Waals surface area contributed by atoms with Crippen LogP contribution in [-0.4, -0.2) is 80.6 Å². The lowest BCUT2D eigenvalue weighted by Crippen LogP contribution is -2.68. The zero-order valence-corrected chi connectivity index (χ0v) is 16.2. The van der Waals surface area contributed by atoms with Crippen molar-refractivity contribution in [2.45, 2.75) is 23.0 Å². The molecule has 1 saturated heterocycles. The van der Waals surface area contributed by atoms with Crippen LogP contribution in [0.2, 0.25) is 0 Å². The quantitative estimate of drug-likeness (QED) is 0.245. The van der Waals surface area contributed by atoms with Crippen molar-refractivity contribution in [1.29, 1.82) is 0 Å². The van der Waals surface area contributed by atoms with Gasteiger partial charge in [-0.2, -0.15) is 9.50 Å². The summed E-state index contributed by atoms with van der Waals surface area (Å²) in [5.74, 6) is -2.30. The van der Waals surface area contributed by atoms with E-state index in [1.54, 1.807) is 0 Å². The molecule has 12 nitrogen and oxygen atoms in total. The van der Waals surface area contributed by atoms with Gasteiger partial charge in [-0.15, -0.1) is 28.6 Å². The highest BCUT2D eigenvalue weighted by Crippen LogP contribution is 2.40. The van der Waals surface area contributed by atoms with Crippen molar-refractivity contribution in [3.05, 3.63) is 28.9 Å². The minimum atomic E-state index is -1.26. The molecule has 29 heavy (non-hydrogen) atoms. The highest BCUT2D eigenvalue weighted by Gasteiger charge is 2.51. The fraction of sp³-hybridized carbons (Fsp3) is 0.333. The van der Waals surface area contributed by atoms with E-state index in [-0.39, 0.29) is 28.7 Å². The van der Waals surface area contributed by atoms with Crippen LogP contribution in [-0.2, 0) is 16.2 Å². The number of nitrogens with two attached hydrogens (primary N) is 1. The molecule has 2 atom stereocenters. The van der Waals surface area contributed by atoms with Crippen LogP contribution in [0, 0.1) is 0 Å². The van der Waals surface area contributed by atoms with Crippen LogP contribution < -0.4 is 5.73 Å². The molecule has 0 radical (unpaired) electrons. The highest BCUT2D eigenvalue weighted by molar-refractivity contribution is 8.01. The summed E-state index contributed by atoms with van der Waals surface area (Å²) in [6.07, 6.45) is 0. The molecule has 0 aromatic carbocycles. The number of rotatable bonds is 6. The molecule has 5 N–H and O–H groups in total. The van der Waals surface area contributed by atoms with Gasteiger partial charge in [0.2, 0.25) is 5.91 Å². The van der Waals surface area contributed by atoms with Crippen molar-refractivity contribution < 1.29 is 29.7 Å². The summed E-state index contributed by atoms with van der Waals surface area (Å²) in [5.41, 5.74) is 5.90. The molecule has 2 aliphatic rings. The van der Waals surface area contributed by atoms with E-state index >= 15 is 0 Å². The summed E-state index contributed by atoms with van der Waals surface area (Å²) >= 11 is 2.51. The molecule has 152 valence electrons. The molecule has 1 amide bonds. The molecule has 4 rings (SSSR count). The molecule has 2 aromatic heterocycles. The maximum atomic E-state index is 12.0. The second-order valence-electron chi connectivity index (χ2n) is 6.16. The average molecular weight is 438 g/mol. The number of amides is 1. The van der Waals surface area contributed by atoms with Gasteiger partial charge in [0.05, 0.1) is 0 Å². The first-order valence-corrected chi connectivity index (χ1v) is 10.2. The zero-order valence-electron chi connectivity index (χ0n) is 14.5. The molecule has 1 fully saturated rings. The largest absolute Gasteiger partial charge is 0.477 e. The number of carbonyl (C=O) groups is 3. The van der Waals surface area contributed by atoms with Gasteiger partial charge in [-0.3, -0.25) is 9.69 Å². The van der Waals surface area contributed by atoms with Gasteiger partial charge in [0.15, 0.2) is 11.5 Å². The summed E-state index contributed by atoms with van der Waals surface area (Å²) in [6, 6.07) is 0.578. The van der Waals surface area contributed by atoms with E-state index in [1.165, 1.54) is 27.2 Å². The number of thioether (sulfide) groups is 2. The van der Waals surface area contributed by atoms with Crippen LogP contribution in [0.3, 0.4) is 0 Å². The third kappa shape index (κ3) is 3.23. The topological polar surface area (TPSA) is 184 Å². The van der Waals surface area contributed by atoms with Crippen LogP contribution in [0.4, 0.5) is 0 Å². The Morgan fingerprint density at radius 3 is 2.72 bits per heavy atom. The number of aromatic nitrogens is 4. The molecule has 1 unspecified atom stereocenters. The van der Waals surface area contributed by atoms with E-state index in [0.717, 1.165) is 11.8 Å². The smallest absolute Gasteiger partial charge is 0.354 e. The van der Waals surface area contributed by atoms with Crippen LogP contribution in [0.25, 0.3) is 5.78 Å². The second kappa shape index (κ2) is 7.29. The molecule has 0 spiro atoms. The first-order chi connectivity index (χ1) is 13.8. The molecule has 2 aromatic rings. The van der Waals surface area contributed by atoms with Crippen LogP contribution in [0.1, 0.15) is 16.3 Å². The number of aliphatic hydroxyl groups is 1. The van der Waals surface area contributed by atoms with E-state index in [9.17, 15) is 29.7 Å². The highest BCUT2D eigenvalue weighted by atomic mass is 32.2. The number of aromatic carboxylic acids is 1. The number of fused-ring (bicyclic) bond motifs is 2. The number of β-lactam (4-membered cyclic amide) rings is 1. The van der Waals surface area contributed by atoms with Crippen LogP contribution >= 0.6 is 23.5 Å². The van der Waals surface area contributed by atoms with Crippen LogP contribution in [0.5, 0.6) is 0 Å². The van der Waals surface area contributed by atoms with Gasteiger partial charge < -0.3 is 21.1 Å². The SMILES string of the molecule is NC1C(=O)N2C(C(=O)O)=C(CSc3cc(C(=O)O)nc4nc(CO)nn34)CS[C@@H]12. The monoisotopic (exact) mass is 438 g/mol. The lowest BCUT2D eigenvalue weighted by Gasteiger charge is -2.48. The van der Waals surface area contributed by atoms with Crippen LogP contribution in [0.15, 0.2) is 22.4 Å².